The highest BCUT2D eigenvalue weighted by molar-refractivity contribution is 8.00. The van der Waals surface area contributed by atoms with E-state index in [1.807, 2.05) is 45.0 Å². The van der Waals surface area contributed by atoms with E-state index in [0.29, 0.717) is 19.0 Å². The average molecular weight is 305 g/mol. The Hall–Kier alpha value is -0.680. The van der Waals surface area contributed by atoms with Gasteiger partial charge in [-0.2, -0.15) is 13.2 Å². The number of aryl methyl sites for hydroxylation is 1. The van der Waals surface area contributed by atoms with Gasteiger partial charge in [-0.05, 0) is 24.8 Å². The van der Waals surface area contributed by atoms with E-state index in [1.165, 1.54) is 0 Å². The molecule has 0 radical (unpaired) electrons. The molecule has 20 heavy (non-hydrogen) atoms. The van der Waals surface area contributed by atoms with E-state index in [-0.39, 0.29) is 23.4 Å². The third-order valence-electron chi connectivity index (χ3n) is 3.05. The van der Waals surface area contributed by atoms with Gasteiger partial charge in [0.25, 0.3) is 0 Å². The number of hydrogen-bond acceptors (Lipinski definition) is 2. The van der Waals surface area contributed by atoms with Crippen LogP contribution in [-0.4, -0.2) is 23.8 Å². The van der Waals surface area contributed by atoms with Crippen molar-refractivity contribution in [3.63, 3.8) is 0 Å². The summed E-state index contributed by atoms with van der Waals surface area (Å²) in [6.45, 7) is 6.79. The summed E-state index contributed by atoms with van der Waals surface area (Å²) in [4.78, 5) is 0. The van der Waals surface area contributed by atoms with Gasteiger partial charge in [-0.15, -0.1) is 0 Å². The van der Waals surface area contributed by atoms with Gasteiger partial charge in [0, 0.05) is 18.3 Å². The van der Waals surface area contributed by atoms with Crippen LogP contribution in [0.25, 0.3) is 0 Å². The fraction of sp³-hybridized carbons (Fsp3) is 0.600. The molecular formula is C15H22F3NS. The minimum Gasteiger partial charge on any atom is -0.314 e. The summed E-state index contributed by atoms with van der Waals surface area (Å²) in [5.74, 6) is 0.217. The Labute approximate surface area is 123 Å². The van der Waals surface area contributed by atoms with Crippen molar-refractivity contribution >= 4 is 11.8 Å². The van der Waals surface area contributed by atoms with Crippen molar-refractivity contribution < 1.29 is 13.2 Å². The molecule has 1 rings (SSSR count). The highest BCUT2D eigenvalue weighted by Crippen LogP contribution is 2.32. The number of benzene rings is 1. The lowest BCUT2D eigenvalue weighted by molar-refractivity contribution is -0.0328. The molecule has 0 aromatic heterocycles. The van der Waals surface area contributed by atoms with E-state index in [2.05, 4.69) is 5.32 Å². The Morgan fingerprint density at radius 2 is 1.75 bits per heavy atom. The number of rotatable bonds is 7. The van der Waals surface area contributed by atoms with Crippen LogP contribution >= 0.6 is 11.8 Å². The molecule has 1 aromatic rings. The zero-order chi connectivity index (χ0) is 15.2. The summed E-state index contributed by atoms with van der Waals surface area (Å²) in [6.07, 6.45) is 0.521. The molecule has 0 saturated heterocycles. The number of nitrogens with one attached hydrogen (secondary N) is 1. The van der Waals surface area contributed by atoms with Crippen LogP contribution < -0.4 is 5.32 Å². The smallest absolute Gasteiger partial charge is 0.314 e. The first-order valence-corrected chi connectivity index (χ1v) is 7.77. The van der Waals surface area contributed by atoms with Gasteiger partial charge in [0.05, 0.1) is 0 Å². The van der Waals surface area contributed by atoms with E-state index in [9.17, 15) is 13.2 Å². The van der Waals surface area contributed by atoms with E-state index in [0.717, 1.165) is 11.1 Å². The standard InChI is InChI=1S/C15H22F3NS/c1-11(2)19-10-14(8-9-20-15(16,17)18)13-6-4-12(3)5-7-13/h4-7,11,14,19H,8-10H2,1-3H3. The van der Waals surface area contributed by atoms with Gasteiger partial charge < -0.3 is 5.32 Å². The summed E-state index contributed by atoms with van der Waals surface area (Å²) >= 11 is 0.0662. The van der Waals surface area contributed by atoms with Crippen molar-refractivity contribution in [1.29, 1.82) is 0 Å². The minimum atomic E-state index is -4.14. The van der Waals surface area contributed by atoms with Crippen LogP contribution in [0.15, 0.2) is 24.3 Å². The van der Waals surface area contributed by atoms with Crippen LogP contribution in [0.2, 0.25) is 0 Å². The van der Waals surface area contributed by atoms with E-state index < -0.39 is 5.51 Å². The Bertz CT molecular complexity index is 387. The summed E-state index contributed by atoms with van der Waals surface area (Å²) in [7, 11) is 0. The summed E-state index contributed by atoms with van der Waals surface area (Å²) in [6, 6.07) is 8.38. The SMILES string of the molecule is Cc1ccc(C(CCSC(F)(F)F)CNC(C)C)cc1. The molecule has 114 valence electrons. The van der Waals surface area contributed by atoms with Crippen LogP contribution in [0, 0.1) is 6.92 Å². The molecule has 0 heterocycles. The van der Waals surface area contributed by atoms with Crippen LogP contribution in [0.3, 0.4) is 0 Å². The predicted octanol–water partition coefficient (Wildman–Crippen LogP) is 4.72. The third-order valence-corrected chi connectivity index (χ3v) is 3.82. The molecule has 0 amide bonds. The quantitative estimate of drug-likeness (QED) is 0.782. The molecule has 5 heteroatoms. The maximum absolute atomic E-state index is 12.2. The van der Waals surface area contributed by atoms with Gasteiger partial charge in [0.1, 0.15) is 0 Å². The van der Waals surface area contributed by atoms with Crippen molar-refractivity contribution in [2.24, 2.45) is 0 Å². The molecule has 0 spiro atoms. The van der Waals surface area contributed by atoms with Gasteiger partial charge in [0.2, 0.25) is 0 Å². The first-order chi connectivity index (χ1) is 9.28. The lowest BCUT2D eigenvalue weighted by atomic mass is 9.95. The second-order valence-electron chi connectivity index (χ2n) is 5.25. The molecule has 0 aliphatic heterocycles. The van der Waals surface area contributed by atoms with Crippen LogP contribution in [-0.2, 0) is 0 Å². The van der Waals surface area contributed by atoms with E-state index in [4.69, 9.17) is 0 Å². The van der Waals surface area contributed by atoms with E-state index in [1.54, 1.807) is 0 Å². The molecule has 0 fully saturated rings. The fourth-order valence-corrected chi connectivity index (χ4v) is 2.55. The molecule has 0 saturated carbocycles. The molecular weight excluding hydrogens is 283 g/mol. The van der Waals surface area contributed by atoms with E-state index >= 15 is 0 Å². The highest BCUT2D eigenvalue weighted by atomic mass is 32.2. The van der Waals surface area contributed by atoms with Gasteiger partial charge >= 0.3 is 5.51 Å². The Balaban J connectivity index is 2.62. The molecule has 0 bridgehead atoms. The molecule has 1 nitrogen and oxygen atoms in total. The lowest BCUT2D eigenvalue weighted by Crippen LogP contribution is -2.28. The highest BCUT2D eigenvalue weighted by Gasteiger charge is 2.28. The normalized spacial score (nSPS) is 13.8. The molecule has 1 aromatic carbocycles. The topological polar surface area (TPSA) is 12.0 Å². The fourth-order valence-electron chi connectivity index (χ4n) is 1.92. The molecule has 0 aliphatic rings. The number of alkyl halides is 3. The first kappa shape index (κ1) is 17.4. The van der Waals surface area contributed by atoms with Gasteiger partial charge in [-0.1, -0.05) is 55.4 Å². The Morgan fingerprint density at radius 3 is 2.25 bits per heavy atom. The predicted molar refractivity (Wildman–Crippen MR) is 80.2 cm³/mol. The Kier molecular flexibility index (Phi) is 6.89. The maximum atomic E-state index is 12.2. The largest absolute Gasteiger partial charge is 0.441 e. The van der Waals surface area contributed by atoms with Crippen LogP contribution in [0.4, 0.5) is 13.2 Å². The zero-order valence-electron chi connectivity index (χ0n) is 12.1. The zero-order valence-corrected chi connectivity index (χ0v) is 12.9. The van der Waals surface area contributed by atoms with Crippen molar-refractivity contribution in [1.82, 2.24) is 5.32 Å². The number of hydrogen-bond donors (Lipinski definition) is 1. The van der Waals surface area contributed by atoms with Crippen LogP contribution in [0.5, 0.6) is 0 Å². The molecule has 0 aliphatic carbocycles. The Morgan fingerprint density at radius 1 is 1.15 bits per heavy atom. The summed E-state index contributed by atoms with van der Waals surface area (Å²) in [5, 5.41) is 3.32. The summed E-state index contributed by atoms with van der Waals surface area (Å²) in [5.41, 5.74) is -1.87. The third kappa shape index (κ3) is 7.20. The van der Waals surface area contributed by atoms with Crippen molar-refractivity contribution in [2.45, 2.75) is 44.7 Å². The van der Waals surface area contributed by atoms with Crippen molar-refractivity contribution in [3.05, 3.63) is 35.4 Å². The molecule has 1 N–H and O–H groups in total. The van der Waals surface area contributed by atoms with Crippen molar-refractivity contribution in [3.8, 4) is 0 Å². The first-order valence-electron chi connectivity index (χ1n) is 6.78. The average Bonchev–Trinajstić information content (AvgIpc) is 2.33. The van der Waals surface area contributed by atoms with Gasteiger partial charge in [-0.25, -0.2) is 0 Å². The maximum Gasteiger partial charge on any atom is 0.441 e. The number of halogens is 3. The second-order valence-corrected chi connectivity index (χ2v) is 6.41. The van der Waals surface area contributed by atoms with Crippen LogP contribution in [0.1, 0.15) is 37.3 Å². The second kappa shape index (κ2) is 7.93. The summed E-state index contributed by atoms with van der Waals surface area (Å²) < 4.78 is 36.7. The number of thioether (sulfide) groups is 1. The lowest BCUT2D eigenvalue weighted by Gasteiger charge is -2.20. The molecule has 1 atom stereocenters. The monoisotopic (exact) mass is 305 g/mol. The van der Waals surface area contributed by atoms with Gasteiger partial charge in [0.15, 0.2) is 0 Å². The minimum absolute atomic E-state index is 0.0662. The van der Waals surface area contributed by atoms with Gasteiger partial charge in [-0.3, -0.25) is 0 Å². The molecule has 1 unspecified atom stereocenters. The van der Waals surface area contributed by atoms with Crippen molar-refractivity contribution in [2.75, 3.05) is 12.3 Å².